The third kappa shape index (κ3) is 1.92. The predicted molar refractivity (Wildman–Crippen MR) is 61.6 cm³/mol. The molecule has 0 heterocycles. The zero-order chi connectivity index (χ0) is 11.1. The number of methoxy groups -OCH3 is 1. The summed E-state index contributed by atoms with van der Waals surface area (Å²) in [7, 11) is 1.78. The van der Waals surface area contributed by atoms with Crippen LogP contribution in [0.25, 0.3) is 0 Å². The summed E-state index contributed by atoms with van der Waals surface area (Å²) in [5.74, 6) is 0. The minimum absolute atomic E-state index is 0.0126. The van der Waals surface area contributed by atoms with E-state index in [1.807, 2.05) is 13.8 Å². The van der Waals surface area contributed by atoms with Crippen LogP contribution in [0, 0.1) is 0 Å². The van der Waals surface area contributed by atoms with Crippen molar-refractivity contribution in [3.63, 3.8) is 0 Å². The Labute approximate surface area is 91.4 Å². The van der Waals surface area contributed by atoms with Crippen LogP contribution in [0.2, 0.25) is 0 Å². The molecule has 1 aromatic rings. The molecule has 82 valence electrons. The Hall–Kier alpha value is -0.860. The van der Waals surface area contributed by atoms with Gasteiger partial charge in [-0.1, -0.05) is 24.3 Å². The molecule has 0 atom stereocenters. The van der Waals surface area contributed by atoms with Crippen LogP contribution in [0.5, 0.6) is 0 Å². The van der Waals surface area contributed by atoms with Crippen LogP contribution in [-0.2, 0) is 15.9 Å². The standard InChI is InChI=1S/C13H19NO/c1-12(2,14)10-5-4-6-11(9-10)13(15-3)7-8-13/h4-6,9H,7-8,14H2,1-3H3. The van der Waals surface area contributed by atoms with Crippen molar-refractivity contribution >= 4 is 0 Å². The van der Waals surface area contributed by atoms with Crippen molar-refractivity contribution in [3.05, 3.63) is 35.4 Å². The Morgan fingerprint density at radius 1 is 1.33 bits per heavy atom. The van der Waals surface area contributed by atoms with Gasteiger partial charge >= 0.3 is 0 Å². The van der Waals surface area contributed by atoms with Gasteiger partial charge in [-0.2, -0.15) is 0 Å². The van der Waals surface area contributed by atoms with Gasteiger partial charge in [0.1, 0.15) is 0 Å². The lowest BCUT2D eigenvalue weighted by molar-refractivity contribution is 0.0788. The number of hydrogen-bond acceptors (Lipinski definition) is 2. The second-order valence-electron chi connectivity index (χ2n) is 5.00. The van der Waals surface area contributed by atoms with E-state index >= 15 is 0 Å². The molecule has 1 aliphatic carbocycles. The second kappa shape index (κ2) is 3.32. The zero-order valence-electron chi connectivity index (χ0n) is 9.71. The Bertz CT molecular complexity index is 361. The van der Waals surface area contributed by atoms with Gasteiger partial charge in [0.05, 0.1) is 5.60 Å². The molecule has 0 amide bonds. The summed E-state index contributed by atoms with van der Waals surface area (Å²) < 4.78 is 5.56. The lowest BCUT2D eigenvalue weighted by Gasteiger charge is -2.22. The highest BCUT2D eigenvalue weighted by Crippen LogP contribution is 2.49. The second-order valence-corrected chi connectivity index (χ2v) is 5.00. The van der Waals surface area contributed by atoms with Gasteiger partial charge in [0.2, 0.25) is 0 Å². The van der Waals surface area contributed by atoms with Gasteiger partial charge in [-0.05, 0) is 37.8 Å². The number of nitrogens with two attached hydrogens (primary N) is 1. The SMILES string of the molecule is COC1(c2cccc(C(C)(C)N)c2)CC1. The molecule has 1 aliphatic rings. The van der Waals surface area contributed by atoms with E-state index < -0.39 is 0 Å². The van der Waals surface area contributed by atoms with Gasteiger partial charge in [-0.15, -0.1) is 0 Å². The van der Waals surface area contributed by atoms with Crippen molar-refractivity contribution in [1.82, 2.24) is 0 Å². The fourth-order valence-electron chi connectivity index (χ4n) is 1.93. The molecule has 15 heavy (non-hydrogen) atoms. The Morgan fingerprint density at radius 3 is 2.47 bits per heavy atom. The van der Waals surface area contributed by atoms with E-state index in [1.165, 1.54) is 11.1 Å². The molecule has 1 aromatic carbocycles. The molecule has 0 spiro atoms. The summed E-state index contributed by atoms with van der Waals surface area (Å²) >= 11 is 0. The first-order chi connectivity index (χ1) is 6.98. The quantitative estimate of drug-likeness (QED) is 0.823. The predicted octanol–water partition coefficient (Wildman–Crippen LogP) is 2.52. The molecule has 0 radical (unpaired) electrons. The maximum Gasteiger partial charge on any atom is 0.0930 e. The van der Waals surface area contributed by atoms with Crippen LogP contribution in [0.15, 0.2) is 24.3 Å². The number of hydrogen-bond donors (Lipinski definition) is 1. The molecular formula is C13H19NO. The van der Waals surface area contributed by atoms with Crippen LogP contribution in [0.3, 0.4) is 0 Å². The van der Waals surface area contributed by atoms with Gasteiger partial charge in [0.25, 0.3) is 0 Å². The van der Waals surface area contributed by atoms with E-state index in [1.54, 1.807) is 7.11 Å². The van der Waals surface area contributed by atoms with Gasteiger partial charge in [0.15, 0.2) is 0 Å². The van der Waals surface area contributed by atoms with Gasteiger partial charge < -0.3 is 10.5 Å². The van der Waals surface area contributed by atoms with Gasteiger partial charge in [-0.25, -0.2) is 0 Å². The molecule has 1 fully saturated rings. The molecule has 2 rings (SSSR count). The van der Waals surface area contributed by atoms with Crippen LogP contribution in [0.1, 0.15) is 37.8 Å². The summed E-state index contributed by atoms with van der Waals surface area (Å²) in [6, 6.07) is 8.45. The van der Waals surface area contributed by atoms with E-state index in [2.05, 4.69) is 24.3 Å². The lowest BCUT2D eigenvalue weighted by Crippen LogP contribution is -2.29. The van der Waals surface area contributed by atoms with E-state index in [-0.39, 0.29) is 11.1 Å². The zero-order valence-corrected chi connectivity index (χ0v) is 9.71. The van der Waals surface area contributed by atoms with E-state index in [4.69, 9.17) is 10.5 Å². The number of ether oxygens (including phenoxy) is 1. The van der Waals surface area contributed by atoms with Crippen LogP contribution in [0.4, 0.5) is 0 Å². The van der Waals surface area contributed by atoms with Crippen molar-refractivity contribution in [2.75, 3.05) is 7.11 Å². The molecule has 2 heteroatoms. The van der Waals surface area contributed by atoms with Crippen molar-refractivity contribution in [1.29, 1.82) is 0 Å². The maximum absolute atomic E-state index is 6.09. The Morgan fingerprint density at radius 2 is 2.00 bits per heavy atom. The summed E-state index contributed by atoms with van der Waals surface area (Å²) in [5.41, 5.74) is 8.23. The van der Waals surface area contributed by atoms with Crippen molar-refractivity contribution in [3.8, 4) is 0 Å². The molecule has 2 N–H and O–H groups in total. The topological polar surface area (TPSA) is 35.2 Å². The van der Waals surface area contributed by atoms with Crippen LogP contribution < -0.4 is 5.73 Å². The summed E-state index contributed by atoms with van der Waals surface area (Å²) in [6.07, 6.45) is 2.25. The normalized spacial score (nSPS) is 18.9. The van der Waals surface area contributed by atoms with Crippen molar-refractivity contribution < 1.29 is 4.74 Å². The summed E-state index contributed by atoms with van der Waals surface area (Å²) in [6.45, 7) is 4.05. The highest BCUT2D eigenvalue weighted by atomic mass is 16.5. The molecule has 2 nitrogen and oxygen atoms in total. The highest BCUT2D eigenvalue weighted by molar-refractivity contribution is 5.34. The molecule has 0 aliphatic heterocycles. The average Bonchev–Trinajstić information content (AvgIpc) is 2.97. The lowest BCUT2D eigenvalue weighted by atomic mass is 9.92. The molecule has 0 aromatic heterocycles. The molecule has 1 saturated carbocycles. The highest BCUT2D eigenvalue weighted by Gasteiger charge is 2.44. The average molecular weight is 205 g/mol. The van der Waals surface area contributed by atoms with Crippen molar-refractivity contribution in [2.24, 2.45) is 5.73 Å². The number of benzene rings is 1. The third-order valence-corrected chi connectivity index (χ3v) is 3.23. The van der Waals surface area contributed by atoms with E-state index in [0.717, 1.165) is 12.8 Å². The largest absolute Gasteiger partial charge is 0.374 e. The molecule has 0 unspecified atom stereocenters. The first-order valence-corrected chi connectivity index (χ1v) is 5.43. The van der Waals surface area contributed by atoms with E-state index in [0.29, 0.717) is 0 Å². The summed E-state index contributed by atoms with van der Waals surface area (Å²) in [4.78, 5) is 0. The van der Waals surface area contributed by atoms with Crippen molar-refractivity contribution in [2.45, 2.75) is 37.8 Å². The number of rotatable bonds is 3. The molecule has 0 bridgehead atoms. The minimum Gasteiger partial charge on any atom is -0.374 e. The fraction of sp³-hybridized carbons (Fsp3) is 0.538. The summed E-state index contributed by atoms with van der Waals surface area (Å²) in [5, 5.41) is 0. The van der Waals surface area contributed by atoms with Crippen LogP contribution in [-0.4, -0.2) is 7.11 Å². The third-order valence-electron chi connectivity index (χ3n) is 3.23. The van der Waals surface area contributed by atoms with Crippen LogP contribution >= 0.6 is 0 Å². The molecule has 0 saturated heterocycles. The minimum atomic E-state index is -0.278. The fourth-order valence-corrected chi connectivity index (χ4v) is 1.93. The van der Waals surface area contributed by atoms with Gasteiger partial charge in [-0.3, -0.25) is 0 Å². The Balaban J connectivity index is 2.35. The first-order valence-electron chi connectivity index (χ1n) is 5.43. The Kier molecular flexibility index (Phi) is 2.36. The van der Waals surface area contributed by atoms with E-state index in [9.17, 15) is 0 Å². The smallest absolute Gasteiger partial charge is 0.0930 e. The van der Waals surface area contributed by atoms with Gasteiger partial charge in [0, 0.05) is 12.6 Å². The monoisotopic (exact) mass is 205 g/mol. The molecular weight excluding hydrogens is 186 g/mol. The first kappa shape index (κ1) is 10.7. The maximum atomic E-state index is 6.09.